The maximum atomic E-state index is 13.0. The number of hydrogen-bond donors (Lipinski definition) is 1. The number of nitrogens with one attached hydrogen (secondary N) is 1. The first-order chi connectivity index (χ1) is 15.3. The molecule has 0 radical (unpaired) electrons. The van der Waals surface area contributed by atoms with Crippen LogP contribution < -0.4 is 4.74 Å². The van der Waals surface area contributed by atoms with Crippen molar-refractivity contribution in [3.8, 4) is 5.75 Å². The van der Waals surface area contributed by atoms with Crippen LogP contribution in [0.2, 0.25) is 0 Å². The third-order valence-corrected chi connectivity index (χ3v) is 8.46. The molecule has 3 aromatic rings. The number of aryl methyl sites for hydroxylation is 2. The number of fused-ring (bicyclic) bond motifs is 1. The Morgan fingerprint density at radius 3 is 2.53 bits per heavy atom. The third kappa shape index (κ3) is 4.62. The van der Waals surface area contributed by atoms with Gasteiger partial charge >= 0.3 is 0 Å². The summed E-state index contributed by atoms with van der Waals surface area (Å²) >= 11 is 1.34. The number of rotatable bonds is 6. The highest BCUT2D eigenvalue weighted by Crippen LogP contribution is 2.24. The van der Waals surface area contributed by atoms with Crippen LogP contribution in [0.15, 0.2) is 46.5 Å². The molecule has 8 nitrogen and oxygen atoms in total. The topological polar surface area (TPSA) is 95.6 Å². The van der Waals surface area contributed by atoms with E-state index in [1.807, 2.05) is 38.1 Å². The lowest BCUT2D eigenvalue weighted by Crippen LogP contribution is -2.51. The van der Waals surface area contributed by atoms with Crippen molar-refractivity contribution in [2.24, 2.45) is 0 Å². The smallest absolute Gasteiger partial charge is 0.243 e. The van der Waals surface area contributed by atoms with Crippen molar-refractivity contribution in [2.75, 3.05) is 39.0 Å². The summed E-state index contributed by atoms with van der Waals surface area (Å²) in [5.41, 5.74) is 3.66. The monoisotopic (exact) mass is 474 g/mol. The van der Waals surface area contributed by atoms with Gasteiger partial charge in [0.25, 0.3) is 0 Å². The highest BCUT2D eigenvalue weighted by Gasteiger charge is 2.30. The fourth-order valence-electron chi connectivity index (χ4n) is 3.58. The van der Waals surface area contributed by atoms with Gasteiger partial charge in [-0.05, 0) is 49.2 Å². The Morgan fingerprint density at radius 1 is 1.09 bits per heavy atom. The van der Waals surface area contributed by atoms with Gasteiger partial charge in [-0.1, -0.05) is 17.8 Å². The van der Waals surface area contributed by atoms with Crippen LogP contribution in [-0.4, -0.2) is 72.5 Å². The molecule has 2 heterocycles. The van der Waals surface area contributed by atoms with E-state index in [1.54, 1.807) is 24.1 Å². The summed E-state index contributed by atoms with van der Waals surface area (Å²) in [6.07, 6.45) is 0. The number of carbonyl (C=O) groups excluding carboxylic acids is 1. The van der Waals surface area contributed by atoms with Crippen LogP contribution in [0.3, 0.4) is 0 Å². The van der Waals surface area contributed by atoms with Crippen LogP contribution in [0, 0.1) is 13.8 Å². The van der Waals surface area contributed by atoms with Crippen LogP contribution in [0.25, 0.3) is 11.0 Å². The zero-order valence-electron chi connectivity index (χ0n) is 18.3. The summed E-state index contributed by atoms with van der Waals surface area (Å²) in [5.74, 6) is 0.944. The number of nitrogens with zero attached hydrogens (tertiary/aromatic N) is 3. The first-order valence-electron chi connectivity index (χ1n) is 10.3. The van der Waals surface area contributed by atoms with Crippen LogP contribution in [-0.2, 0) is 14.8 Å². The van der Waals surface area contributed by atoms with Gasteiger partial charge < -0.3 is 14.6 Å². The van der Waals surface area contributed by atoms with E-state index in [-0.39, 0.29) is 24.7 Å². The molecule has 0 aliphatic carbocycles. The molecule has 170 valence electrons. The van der Waals surface area contributed by atoms with Crippen molar-refractivity contribution < 1.29 is 17.9 Å². The maximum Gasteiger partial charge on any atom is 0.243 e. The summed E-state index contributed by atoms with van der Waals surface area (Å²) in [5, 5.41) is 0.664. The van der Waals surface area contributed by atoms with Crippen molar-refractivity contribution in [1.29, 1.82) is 0 Å². The number of imidazole rings is 1. The Bertz CT molecular complexity index is 1250. The third-order valence-electron chi connectivity index (χ3n) is 5.71. The maximum absolute atomic E-state index is 13.0. The van der Waals surface area contributed by atoms with Crippen molar-refractivity contribution in [3.05, 3.63) is 47.5 Å². The Kier molecular flexibility index (Phi) is 6.45. The molecule has 1 saturated heterocycles. The molecule has 1 fully saturated rings. The number of amides is 1. The van der Waals surface area contributed by atoms with E-state index in [1.165, 1.54) is 16.1 Å². The van der Waals surface area contributed by atoms with Crippen LogP contribution >= 0.6 is 11.8 Å². The first-order valence-corrected chi connectivity index (χ1v) is 12.7. The van der Waals surface area contributed by atoms with Crippen molar-refractivity contribution in [2.45, 2.75) is 23.9 Å². The molecule has 1 N–H and O–H groups in total. The number of H-pyrrole nitrogens is 1. The van der Waals surface area contributed by atoms with Crippen LogP contribution in [0.4, 0.5) is 0 Å². The Balaban J connectivity index is 1.33. The number of carbonyl (C=O) groups is 1. The number of aromatic nitrogens is 2. The fourth-order valence-corrected chi connectivity index (χ4v) is 5.88. The molecular weight excluding hydrogens is 448 g/mol. The van der Waals surface area contributed by atoms with E-state index in [9.17, 15) is 13.2 Å². The van der Waals surface area contributed by atoms with Gasteiger partial charge in [-0.3, -0.25) is 4.79 Å². The van der Waals surface area contributed by atoms with Crippen LogP contribution in [0.1, 0.15) is 11.1 Å². The second-order valence-corrected chi connectivity index (χ2v) is 10.6. The molecule has 0 bridgehead atoms. The molecule has 32 heavy (non-hydrogen) atoms. The molecule has 0 unspecified atom stereocenters. The number of piperazine rings is 1. The van der Waals surface area contributed by atoms with Gasteiger partial charge in [-0.2, -0.15) is 4.31 Å². The summed E-state index contributed by atoms with van der Waals surface area (Å²) < 4.78 is 32.6. The number of ether oxygens (including phenoxy) is 1. The van der Waals surface area contributed by atoms with Gasteiger partial charge in [0.05, 0.1) is 28.8 Å². The molecule has 1 aromatic heterocycles. The second kappa shape index (κ2) is 9.13. The standard InChI is InChI=1S/C22H26N4O4S2/c1-15-4-6-18(12-16(15)2)32(28,29)26-10-8-25(9-11-26)21(27)14-31-22-23-19-7-5-17(30-3)13-20(19)24-22/h4-7,12-13H,8-11,14H2,1-3H3,(H,23,24). The average molecular weight is 475 g/mol. The molecule has 0 atom stereocenters. The van der Waals surface area contributed by atoms with E-state index >= 15 is 0 Å². The quantitative estimate of drug-likeness (QED) is 0.552. The molecule has 1 aliphatic heterocycles. The molecule has 0 spiro atoms. The van der Waals surface area contributed by atoms with Gasteiger partial charge in [0.2, 0.25) is 15.9 Å². The lowest BCUT2D eigenvalue weighted by Gasteiger charge is -2.34. The average Bonchev–Trinajstić information content (AvgIpc) is 3.21. The summed E-state index contributed by atoms with van der Waals surface area (Å²) in [4.78, 5) is 22.4. The second-order valence-electron chi connectivity index (χ2n) is 7.74. The minimum atomic E-state index is -3.56. The fraction of sp³-hybridized carbons (Fsp3) is 0.364. The first kappa shape index (κ1) is 22.6. The minimum Gasteiger partial charge on any atom is -0.497 e. The number of thioether (sulfide) groups is 1. The van der Waals surface area contributed by atoms with Crippen LogP contribution in [0.5, 0.6) is 5.75 Å². The SMILES string of the molecule is COc1ccc2nc(SCC(=O)N3CCN(S(=O)(=O)c4ccc(C)c(C)c4)CC3)[nH]c2c1. The molecular formula is C22H26N4O4S2. The molecule has 10 heteroatoms. The highest BCUT2D eigenvalue weighted by molar-refractivity contribution is 7.99. The Hall–Kier alpha value is -2.56. The zero-order chi connectivity index (χ0) is 22.9. The number of hydrogen-bond acceptors (Lipinski definition) is 6. The van der Waals surface area contributed by atoms with E-state index in [0.717, 1.165) is 27.9 Å². The van der Waals surface area contributed by atoms with Gasteiger partial charge in [0.15, 0.2) is 5.16 Å². The lowest BCUT2D eigenvalue weighted by atomic mass is 10.1. The van der Waals surface area contributed by atoms with E-state index in [0.29, 0.717) is 23.1 Å². The van der Waals surface area contributed by atoms with Crippen molar-refractivity contribution in [3.63, 3.8) is 0 Å². The molecule has 1 amide bonds. The van der Waals surface area contributed by atoms with E-state index in [2.05, 4.69) is 9.97 Å². The predicted octanol–water partition coefficient (Wildman–Crippen LogP) is 2.81. The number of aromatic amines is 1. The zero-order valence-corrected chi connectivity index (χ0v) is 19.9. The predicted molar refractivity (Wildman–Crippen MR) is 125 cm³/mol. The normalized spacial score (nSPS) is 15.3. The minimum absolute atomic E-state index is 0.0312. The van der Waals surface area contributed by atoms with E-state index in [4.69, 9.17) is 4.74 Å². The van der Waals surface area contributed by atoms with Gasteiger partial charge in [0, 0.05) is 32.2 Å². The molecule has 0 saturated carbocycles. The summed E-state index contributed by atoms with van der Waals surface area (Å²) in [7, 11) is -1.95. The summed E-state index contributed by atoms with van der Waals surface area (Å²) in [6.45, 7) is 5.19. The number of methoxy groups -OCH3 is 1. The van der Waals surface area contributed by atoms with Gasteiger partial charge in [-0.25, -0.2) is 13.4 Å². The van der Waals surface area contributed by atoms with Gasteiger partial charge in [0.1, 0.15) is 5.75 Å². The largest absolute Gasteiger partial charge is 0.497 e. The Labute approximate surface area is 192 Å². The Morgan fingerprint density at radius 2 is 1.84 bits per heavy atom. The number of benzene rings is 2. The molecule has 1 aliphatic rings. The van der Waals surface area contributed by atoms with E-state index < -0.39 is 10.0 Å². The molecule has 2 aromatic carbocycles. The summed E-state index contributed by atoms with van der Waals surface area (Å²) in [6, 6.07) is 10.8. The van der Waals surface area contributed by atoms with Crippen molar-refractivity contribution >= 4 is 38.7 Å². The number of sulfonamides is 1. The highest BCUT2D eigenvalue weighted by atomic mass is 32.2. The lowest BCUT2D eigenvalue weighted by molar-refractivity contribution is -0.129. The molecule has 4 rings (SSSR count). The van der Waals surface area contributed by atoms with Gasteiger partial charge in [-0.15, -0.1) is 0 Å². The van der Waals surface area contributed by atoms with Crippen molar-refractivity contribution in [1.82, 2.24) is 19.2 Å².